The highest BCUT2D eigenvalue weighted by Gasteiger charge is 2.31. The number of hydrogen-bond donors (Lipinski definition) is 1. The molecule has 3 aromatic heterocycles. The minimum absolute atomic E-state index is 0.0525. The van der Waals surface area contributed by atoms with Crippen LogP contribution in [0.2, 0.25) is 0 Å². The van der Waals surface area contributed by atoms with Crippen LogP contribution in [-0.2, 0) is 18.6 Å². The number of aromatic nitrogens is 5. The molecule has 0 radical (unpaired) electrons. The lowest BCUT2D eigenvalue weighted by Crippen LogP contribution is -2.35. The van der Waals surface area contributed by atoms with Gasteiger partial charge in [-0.25, -0.2) is 4.68 Å². The highest BCUT2D eigenvalue weighted by atomic mass is 32.1. The van der Waals surface area contributed by atoms with E-state index in [9.17, 15) is 4.79 Å². The molecule has 34 heavy (non-hydrogen) atoms. The maximum absolute atomic E-state index is 13.0. The highest BCUT2D eigenvalue weighted by molar-refractivity contribution is 7.09. The average molecular weight is 481 g/mol. The van der Waals surface area contributed by atoms with Gasteiger partial charge in [-0.1, -0.05) is 19.9 Å². The number of rotatable bonds is 10. The number of tetrazole rings is 1. The topological polar surface area (TPSA) is 88.9 Å². The van der Waals surface area contributed by atoms with E-state index in [2.05, 4.69) is 70.6 Å². The molecule has 0 spiro atoms. The number of hydrogen-bond acceptors (Lipinski definition) is 7. The van der Waals surface area contributed by atoms with Gasteiger partial charge >= 0.3 is 0 Å². The van der Waals surface area contributed by atoms with Crippen LogP contribution < -0.4 is 10.3 Å². The second kappa shape index (κ2) is 10.1. The molecule has 0 amide bonds. The van der Waals surface area contributed by atoms with Gasteiger partial charge in [0.1, 0.15) is 5.75 Å². The van der Waals surface area contributed by atoms with Crippen molar-refractivity contribution in [3.05, 3.63) is 68.4 Å². The number of aromatic amines is 1. The fraction of sp³-hybridized carbons (Fsp3) is 0.440. The van der Waals surface area contributed by atoms with Crippen LogP contribution in [0.5, 0.6) is 5.75 Å². The van der Waals surface area contributed by atoms with E-state index in [4.69, 9.17) is 4.74 Å². The van der Waals surface area contributed by atoms with E-state index in [0.29, 0.717) is 18.7 Å². The Labute approximate surface area is 203 Å². The van der Waals surface area contributed by atoms with E-state index in [-0.39, 0.29) is 17.1 Å². The normalized spacial score (nSPS) is 13.0. The van der Waals surface area contributed by atoms with Crippen LogP contribution >= 0.6 is 11.3 Å². The molecule has 0 aliphatic heterocycles. The van der Waals surface area contributed by atoms with E-state index >= 15 is 0 Å². The maximum atomic E-state index is 13.0. The second-order valence-electron chi connectivity index (χ2n) is 9.10. The standard InChI is InChI=1S/C25H32N6O2S/c1-6-22(23-27-28-29-31(23)25(3,4)7-2)30(16-20-9-8-12-34-20)15-18-13-17-14-19(33-5)10-11-21(17)26-24(18)32/h8-14,22H,6-7,15-16H2,1-5H3,(H,26,32). The van der Waals surface area contributed by atoms with Gasteiger partial charge in [0.15, 0.2) is 5.82 Å². The summed E-state index contributed by atoms with van der Waals surface area (Å²) in [4.78, 5) is 19.6. The van der Waals surface area contributed by atoms with Crippen molar-refractivity contribution >= 4 is 22.2 Å². The van der Waals surface area contributed by atoms with Crippen molar-refractivity contribution in [2.24, 2.45) is 0 Å². The molecule has 1 aromatic carbocycles. The predicted octanol–water partition coefficient (Wildman–Crippen LogP) is 4.88. The molecular formula is C25H32N6O2S. The third-order valence-electron chi connectivity index (χ3n) is 6.50. The maximum Gasteiger partial charge on any atom is 0.252 e. The molecule has 0 aliphatic carbocycles. The third-order valence-corrected chi connectivity index (χ3v) is 7.36. The van der Waals surface area contributed by atoms with Gasteiger partial charge in [-0.15, -0.1) is 16.4 Å². The van der Waals surface area contributed by atoms with E-state index in [1.165, 1.54) is 4.88 Å². The summed E-state index contributed by atoms with van der Waals surface area (Å²) in [5, 5.41) is 15.8. The molecule has 4 aromatic rings. The molecule has 8 nitrogen and oxygen atoms in total. The van der Waals surface area contributed by atoms with Crippen molar-refractivity contribution in [3.8, 4) is 5.75 Å². The highest BCUT2D eigenvalue weighted by Crippen LogP contribution is 2.31. The Bertz CT molecular complexity index is 1290. The van der Waals surface area contributed by atoms with Gasteiger partial charge in [-0.3, -0.25) is 9.69 Å². The summed E-state index contributed by atoms with van der Waals surface area (Å²) in [6.07, 6.45) is 1.71. The Hall–Kier alpha value is -3.04. The van der Waals surface area contributed by atoms with Crippen molar-refractivity contribution in [3.63, 3.8) is 0 Å². The Balaban J connectivity index is 1.76. The van der Waals surface area contributed by atoms with E-state index < -0.39 is 0 Å². The Morgan fingerprint density at radius 1 is 1.21 bits per heavy atom. The van der Waals surface area contributed by atoms with Gasteiger partial charge in [-0.05, 0) is 72.8 Å². The molecule has 1 unspecified atom stereocenters. The fourth-order valence-corrected chi connectivity index (χ4v) is 4.89. The number of thiophene rings is 1. The quantitative estimate of drug-likeness (QED) is 0.348. The smallest absolute Gasteiger partial charge is 0.252 e. The van der Waals surface area contributed by atoms with Crippen molar-refractivity contribution in [1.82, 2.24) is 30.1 Å². The zero-order chi connectivity index (χ0) is 24.3. The summed E-state index contributed by atoms with van der Waals surface area (Å²) in [5.41, 5.74) is 1.19. The van der Waals surface area contributed by atoms with E-state index in [1.807, 2.05) is 28.9 Å². The van der Waals surface area contributed by atoms with Gasteiger partial charge < -0.3 is 9.72 Å². The number of fused-ring (bicyclic) bond motifs is 1. The Morgan fingerprint density at radius 3 is 2.71 bits per heavy atom. The first-order chi connectivity index (χ1) is 16.4. The van der Waals surface area contributed by atoms with Crippen LogP contribution in [0.1, 0.15) is 62.8 Å². The molecule has 0 aliphatic rings. The molecule has 0 bridgehead atoms. The monoisotopic (exact) mass is 480 g/mol. The van der Waals surface area contributed by atoms with Gasteiger partial charge in [0.25, 0.3) is 5.56 Å². The number of benzene rings is 1. The molecule has 0 saturated carbocycles. The van der Waals surface area contributed by atoms with Gasteiger partial charge in [0, 0.05) is 34.4 Å². The number of ether oxygens (including phenoxy) is 1. The first-order valence-corrected chi connectivity index (χ1v) is 12.5. The first-order valence-electron chi connectivity index (χ1n) is 11.6. The van der Waals surface area contributed by atoms with Crippen LogP contribution in [0.25, 0.3) is 10.9 Å². The number of pyridine rings is 1. The summed E-state index contributed by atoms with van der Waals surface area (Å²) in [6, 6.07) is 11.8. The van der Waals surface area contributed by atoms with Crippen LogP contribution in [-0.4, -0.2) is 37.2 Å². The summed E-state index contributed by atoms with van der Waals surface area (Å²) in [7, 11) is 1.64. The zero-order valence-electron chi connectivity index (χ0n) is 20.4. The number of methoxy groups -OCH3 is 1. The minimum atomic E-state index is -0.210. The zero-order valence-corrected chi connectivity index (χ0v) is 21.2. The Kier molecular flexibility index (Phi) is 7.13. The van der Waals surface area contributed by atoms with Gasteiger partial charge in [0.05, 0.1) is 18.7 Å². The van der Waals surface area contributed by atoms with Crippen molar-refractivity contribution in [2.45, 2.75) is 65.2 Å². The molecule has 1 N–H and O–H groups in total. The second-order valence-corrected chi connectivity index (χ2v) is 10.1. The summed E-state index contributed by atoms with van der Waals surface area (Å²) < 4.78 is 7.32. The molecule has 9 heteroatoms. The lowest BCUT2D eigenvalue weighted by Gasteiger charge is -2.32. The summed E-state index contributed by atoms with van der Waals surface area (Å²) in [6.45, 7) is 9.73. The first kappa shape index (κ1) is 24.1. The predicted molar refractivity (Wildman–Crippen MR) is 135 cm³/mol. The lowest BCUT2D eigenvalue weighted by atomic mass is 10.0. The van der Waals surface area contributed by atoms with Crippen molar-refractivity contribution < 1.29 is 4.74 Å². The largest absolute Gasteiger partial charge is 0.497 e. The SMILES string of the molecule is CCC(c1nnnn1C(C)(C)CC)N(Cc1cccs1)Cc1cc2cc(OC)ccc2[nH]c1=O. The van der Waals surface area contributed by atoms with E-state index in [1.54, 1.807) is 18.4 Å². The lowest BCUT2D eigenvalue weighted by molar-refractivity contribution is 0.152. The van der Waals surface area contributed by atoms with Gasteiger partial charge in [-0.2, -0.15) is 0 Å². The van der Waals surface area contributed by atoms with Crippen LogP contribution in [0.4, 0.5) is 0 Å². The van der Waals surface area contributed by atoms with Crippen LogP contribution in [0.3, 0.4) is 0 Å². The molecule has 180 valence electrons. The minimum Gasteiger partial charge on any atom is -0.497 e. The van der Waals surface area contributed by atoms with Gasteiger partial charge in [0.2, 0.25) is 0 Å². The number of H-pyrrole nitrogens is 1. The number of nitrogens with zero attached hydrogens (tertiary/aromatic N) is 5. The summed E-state index contributed by atoms with van der Waals surface area (Å²) in [5.74, 6) is 1.58. The Morgan fingerprint density at radius 2 is 2.03 bits per heavy atom. The molecule has 3 heterocycles. The molecule has 4 rings (SSSR count). The average Bonchev–Trinajstić information content (AvgIpc) is 3.52. The number of nitrogens with one attached hydrogen (secondary N) is 1. The molecular weight excluding hydrogens is 448 g/mol. The molecule has 0 saturated heterocycles. The molecule has 0 fully saturated rings. The van der Waals surface area contributed by atoms with Crippen molar-refractivity contribution in [1.29, 1.82) is 0 Å². The molecule has 1 atom stereocenters. The summed E-state index contributed by atoms with van der Waals surface area (Å²) >= 11 is 1.71. The third kappa shape index (κ3) is 4.90. The van der Waals surface area contributed by atoms with Crippen LogP contribution in [0, 0.1) is 0 Å². The fourth-order valence-electron chi connectivity index (χ4n) is 4.16. The van der Waals surface area contributed by atoms with E-state index in [0.717, 1.165) is 35.3 Å². The van der Waals surface area contributed by atoms with Crippen LogP contribution in [0.15, 0.2) is 46.6 Å². The van der Waals surface area contributed by atoms with Crippen molar-refractivity contribution in [2.75, 3.05) is 7.11 Å².